The molecule has 0 radical (unpaired) electrons. The summed E-state index contributed by atoms with van der Waals surface area (Å²) in [5.74, 6) is 5.89. The Kier molecular flexibility index (Phi) is 5.32. The fraction of sp³-hybridized carbons (Fsp3) is 0.562. The van der Waals surface area contributed by atoms with Gasteiger partial charge >= 0.3 is 0 Å². The lowest BCUT2D eigenvalue weighted by atomic mass is 9.82. The Bertz CT molecular complexity index is 541. The van der Waals surface area contributed by atoms with Gasteiger partial charge in [0.05, 0.1) is 15.2 Å². The number of thiazole rings is 1. The highest BCUT2D eigenvalue weighted by atomic mass is 32.1. The second-order valence-corrected chi connectivity index (χ2v) is 6.82. The average Bonchev–Trinajstić information content (AvgIpc) is 2.89. The minimum Gasteiger partial charge on any atom is -0.302 e. The lowest BCUT2D eigenvalue weighted by Gasteiger charge is -2.44. The lowest BCUT2D eigenvalue weighted by Crippen LogP contribution is -2.61. The molecular formula is C16H26N4S. The van der Waals surface area contributed by atoms with Crippen molar-refractivity contribution in [1.82, 2.24) is 15.3 Å². The van der Waals surface area contributed by atoms with Gasteiger partial charge in [0.2, 0.25) is 0 Å². The second-order valence-electron chi connectivity index (χ2n) is 5.70. The van der Waals surface area contributed by atoms with Gasteiger partial charge in [-0.2, -0.15) is 0 Å². The quantitative estimate of drug-likeness (QED) is 0.610. The summed E-state index contributed by atoms with van der Waals surface area (Å²) in [6, 6.07) is 8.47. The Morgan fingerprint density at radius 3 is 2.48 bits per heavy atom. The molecule has 5 heteroatoms. The van der Waals surface area contributed by atoms with Crippen molar-refractivity contribution in [3.05, 3.63) is 29.3 Å². The maximum atomic E-state index is 5.89. The van der Waals surface area contributed by atoms with Crippen molar-refractivity contribution in [3.63, 3.8) is 0 Å². The van der Waals surface area contributed by atoms with E-state index >= 15 is 0 Å². The first kappa shape index (κ1) is 16.4. The van der Waals surface area contributed by atoms with Gasteiger partial charge in [-0.05, 0) is 39.1 Å². The standard InChI is InChI=1S/C16H26N4S/c1-5-16(6-2,20(3)4)14(19-17)11-15-18-12-9-7-8-10-13(12)21-15/h7-10,14,19H,5-6,11,17H2,1-4H3. The van der Waals surface area contributed by atoms with Gasteiger partial charge in [-0.25, -0.2) is 4.98 Å². The highest BCUT2D eigenvalue weighted by Crippen LogP contribution is 2.30. The summed E-state index contributed by atoms with van der Waals surface area (Å²) in [5, 5.41) is 1.15. The minimum atomic E-state index is 0.0482. The number of nitrogens with one attached hydrogen (secondary N) is 1. The SMILES string of the molecule is CCC(CC)(C(Cc1nc2ccccc2s1)NN)N(C)C. The van der Waals surface area contributed by atoms with E-state index in [0.717, 1.165) is 29.8 Å². The van der Waals surface area contributed by atoms with Crippen molar-refractivity contribution in [1.29, 1.82) is 0 Å². The summed E-state index contributed by atoms with van der Waals surface area (Å²) in [7, 11) is 4.27. The van der Waals surface area contributed by atoms with Crippen LogP contribution in [0.5, 0.6) is 0 Å². The summed E-state index contributed by atoms with van der Waals surface area (Å²) in [6.07, 6.45) is 2.96. The van der Waals surface area contributed by atoms with Crippen LogP contribution < -0.4 is 11.3 Å². The zero-order chi connectivity index (χ0) is 15.5. The smallest absolute Gasteiger partial charge is 0.0955 e. The van der Waals surface area contributed by atoms with E-state index in [2.05, 4.69) is 56.5 Å². The number of aromatic nitrogens is 1. The first-order chi connectivity index (χ1) is 10.1. The third kappa shape index (κ3) is 3.11. The van der Waals surface area contributed by atoms with Crippen LogP contribution in [0, 0.1) is 0 Å². The van der Waals surface area contributed by atoms with Gasteiger partial charge in [-0.15, -0.1) is 11.3 Å². The molecule has 1 aromatic heterocycles. The van der Waals surface area contributed by atoms with Gasteiger partial charge in [0, 0.05) is 18.0 Å². The lowest BCUT2D eigenvalue weighted by molar-refractivity contribution is 0.0882. The third-order valence-corrected chi connectivity index (χ3v) is 5.74. The number of benzene rings is 1. The molecule has 0 spiro atoms. The largest absolute Gasteiger partial charge is 0.302 e. The summed E-state index contributed by atoms with van der Waals surface area (Å²) in [4.78, 5) is 7.04. The summed E-state index contributed by atoms with van der Waals surface area (Å²) >= 11 is 1.76. The van der Waals surface area contributed by atoms with E-state index in [4.69, 9.17) is 10.8 Å². The number of nitrogens with zero attached hydrogens (tertiary/aromatic N) is 2. The van der Waals surface area contributed by atoms with Crippen LogP contribution >= 0.6 is 11.3 Å². The number of para-hydroxylation sites is 1. The number of hydrazine groups is 1. The monoisotopic (exact) mass is 306 g/mol. The van der Waals surface area contributed by atoms with Crippen LogP contribution in [0.25, 0.3) is 10.2 Å². The summed E-state index contributed by atoms with van der Waals surface area (Å²) < 4.78 is 1.24. The maximum Gasteiger partial charge on any atom is 0.0955 e. The minimum absolute atomic E-state index is 0.0482. The van der Waals surface area contributed by atoms with E-state index in [1.807, 2.05) is 6.07 Å². The highest BCUT2D eigenvalue weighted by Gasteiger charge is 2.37. The summed E-state index contributed by atoms with van der Waals surface area (Å²) in [6.45, 7) is 4.46. The molecule has 0 aliphatic carbocycles. The van der Waals surface area contributed by atoms with Crippen molar-refractivity contribution in [2.24, 2.45) is 5.84 Å². The van der Waals surface area contributed by atoms with Crippen LogP contribution in [0.15, 0.2) is 24.3 Å². The fourth-order valence-electron chi connectivity index (χ4n) is 3.27. The molecule has 3 N–H and O–H groups in total. The molecule has 0 aliphatic rings. The maximum absolute atomic E-state index is 5.89. The number of hydrogen-bond donors (Lipinski definition) is 2. The molecule has 1 atom stereocenters. The molecule has 1 heterocycles. The molecule has 116 valence electrons. The van der Waals surface area contributed by atoms with Gasteiger partial charge in [-0.1, -0.05) is 26.0 Å². The molecule has 21 heavy (non-hydrogen) atoms. The van der Waals surface area contributed by atoms with Crippen molar-refractivity contribution < 1.29 is 0 Å². The van der Waals surface area contributed by atoms with Crippen LogP contribution in [0.4, 0.5) is 0 Å². The molecule has 0 saturated heterocycles. The van der Waals surface area contributed by atoms with Gasteiger partial charge in [0.15, 0.2) is 0 Å². The van der Waals surface area contributed by atoms with Gasteiger partial charge in [-0.3, -0.25) is 11.3 Å². The van der Waals surface area contributed by atoms with Gasteiger partial charge in [0.25, 0.3) is 0 Å². The molecule has 0 saturated carbocycles. The first-order valence-corrected chi connectivity index (χ1v) is 8.37. The number of rotatable bonds is 7. The van der Waals surface area contributed by atoms with E-state index < -0.39 is 0 Å². The zero-order valence-electron chi connectivity index (χ0n) is 13.4. The highest BCUT2D eigenvalue weighted by molar-refractivity contribution is 7.18. The second kappa shape index (κ2) is 6.83. The van der Waals surface area contributed by atoms with E-state index in [1.165, 1.54) is 4.70 Å². The first-order valence-electron chi connectivity index (χ1n) is 7.55. The van der Waals surface area contributed by atoms with Crippen molar-refractivity contribution in [3.8, 4) is 0 Å². The molecular weight excluding hydrogens is 280 g/mol. The number of likely N-dealkylation sites (N-methyl/N-ethyl adjacent to an activating group) is 1. The number of nitrogens with two attached hydrogens (primary N) is 1. The molecule has 1 aromatic carbocycles. The predicted octanol–water partition coefficient (Wildman–Crippen LogP) is 2.79. The van der Waals surface area contributed by atoms with Crippen molar-refractivity contribution >= 4 is 21.6 Å². The zero-order valence-corrected chi connectivity index (χ0v) is 14.2. The molecule has 2 aromatic rings. The van der Waals surface area contributed by atoms with E-state index in [9.17, 15) is 0 Å². The Morgan fingerprint density at radius 2 is 1.95 bits per heavy atom. The molecule has 0 fully saturated rings. The Morgan fingerprint density at radius 1 is 1.29 bits per heavy atom. The normalized spacial score (nSPS) is 14.0. The number of fused-ring (bicyclic) bond motifs is 1. The molecule has 1 unspecified atom stereocenters. The van der Waals surface area contributed by atoms with Gasteiger partial charge < -0.3 is 4.90 Å². The van der Waals surface area contributed by atoms with Crippen LogP contribution in [0.3, 0.4) is 0 Å². The van der Waals surface area contributed by atoms with E-state index in [0.29, 0.717) is 0 Å². The van der Waals surface area contributed by atoms with Crippen molar-refractivity contribution in [2.75, 3.05) is 14.1 Å². The Balaban J connectivity index is 2.29. The van der Waals surface area contributed by atoms with Crippen LogP contribution in [0.2, 0.25) is 0 Å². The predicted molar refractivity (Wildman–Crippen MR) is 91.4 cm³/mol. The van der Waals surface area contributed by atoms with Crippen LogP contribution in [-0.4, -0.2) is 35.6 Å². The van der Waals surface area contributed by atoms with Crippen LogP contribution in [0.1, 0.15) is 31.7 Å². The Labute approximate surface area is 131 Å². The fourth-order valence-corrected chi connectivity index (χ4v) is 4.29. The molecule has 2 rings (SSSR count). The molecule has 0 bridgehead atoms. The number of hydrogen-bond acceptors (Lipinski definition) is 5. The summed E-state index contributed by atoms with van der Waals surface area (Å²) in [5.41, 5.74) is 4.17. The van der Waals surface area contributed by atoms with E-state index in [-0.39, 0.29) is 11.6 Å². The third-order valence-electron chi connectivity index (χ3n) is 4.68. The Hall–Kier alpha value is -1.01. The van der Waals surface area contributed by atoms with Crippen LogP contribution in [-0.2, 0) is 6.42 Å². The van der Waals surface area contributed by atoms with E-state index in [1.54, 1.807) is 11.3 Å². The topological polar surface area (TPSA) is 54.2 Å². The molecule has 0 aliphatic heterocycles. The van der Waals surface area contributed by atoms with Gasteiger partial charge in [0.1, 0.15) is 0 Å². The molecule has 4 nitrogen and oxygen atoms in total. The average molecular weight is 306 g/mol. The van der Waals surface area contributed by atoms with Crippen molar-refractivity contribution in [2.45, 2.75) is 44.7 Å². The molecule has 0 amide bonds.